The van der Waals surface area contributed by atoms with Crippen molar-refractivity contribution in [1.82, 2.24) is 4.98 Å². The zero-order valence-corrected chi connectivity index (χ0v) is 8.35. The molecule has 1 fully saturated rings. The van der Waals surface area contributed by atoms with E-state index in [9.17, 15) is 0 Å². The Kier molecular flexibility index (Phi) is 2.90. The van der Waals surface area contributed by atoms with Gasteiger partial charge in [-0.05, 0) is 18.6 Å². The number of thioether (sulfide) groups is 1. The highest BCUT2D eigenvalue weighted by Gasteiger charge is 2.19. The van der Waals surface area contributed by atoms with Crippen molar-refractivity contribution in [1.29, 1.82) is 0 Å². The Morgan fingerprint density at radius 2 is 2.54 bits per heavy atom. The van der Waals surface area contributed by atoms with Crippen LogP contribution in [0.5, 0.6) is 0 Å². The van der Waals surface area contributed by atoms with Crippen LogP contribution < -0.4 is 5.73 Å². The van der Waals surface area contributed by atoms with Crippen molar-refractivity contribution >= 4 is 11.8 Å². The van der Waals surface area contributed by atoms with Crippen molar-refractivity contribution in [2.24, 2.45) is 5.73 Å². The molecule has 1 unspecified atom stereocenters. The Bertz CT molecular complexity index is 268. The van der Waals surface area contributed by atoms with E-state index in [1.54, 1.807) is 6.26 Å². The fourth-order valence-corrected chi connectivity index (χ4v) is 2.81. The third-order valence-electron chi connectivity index (χ3n) is 2.25. The van der Waals surface area contributed by atoms with Crippen LogP contribution in [-0.2, 0) is 6.54 Å². The van der Waals surface area contributed by atoms with Gasteiger partial charge in [-0.2, -0.15) is 11.8 Å². The smallest absolute Gasteiger partial charge is 0.207 e. The van der Waals surface area contributed by atoms with E-state index >= 15 is 0 Å². The average molecular weight is 198 g/mol. The first-order valence-corrected chi connectivity index (χ1v) is 5.71. The molecule has 3 nitrogen and oxygen atoms in total. The number of hydrogen-bond acceptors (Lipinski definition) is 4. The molecule has 0 saturated carbocycles. The molecule has 4 heteroatoms. The van der Waals surface area contributed by atoms with E-state index in [0.717, 1.165) is 5.69 Å². The van der Waals surface area contributed by atoms with Crippen molar-refractivity contribution < 1.29 is 4.42 Å². The molecule has 13 heavy (non-hydrogen) atoms. The Hall–Kier alpha value is -0.480. The van der Waals surface area contributed by atoms with Gasteiger partial charge < -0.3 is 10.2 Å². The van der Waals surface area contributed by atoms with Crippen LogP contribution in [0.4, 0.5) is 0 Å². The number of nitrogens with zero attached hydrogens (tertiary/aromatic N) is 1. The Balaban J connectivity index is 2.05. The lowest BCUT2D eigenvalue weighted by Crippen LogP contribution is -2.03. The predicted molar refractivity (Wildman–Crippen MR) is 53.4 cm³/mol. The van der Waals surface area contributed by atoms with Crippen LogP contribution in [0.25, 0.3) is 0 Å². The predicted octanol–water partition coefficient (Wildman–Crippen LogP) is 2.09. The van der Waals surface area contributed by atoms with Crippen LogP contribution in [0.15, 0.2) is 10.7 Å². The molecule has 1 aliphatic heterocycles. The third-order valence-corrected chi connectivity index (χ3v) is 3.66. The standard InChI is InChI=1S/C9H14N2OS/c10-5-9-11-7(6-12-9)8-3-1-2-4-13-8/h6,8H,1-5,10H2. The Labute approximate surface area is 82.1 Å². The minimum Gasteiger partial charge on any atom is -0.447 e. The van der Waals surface area contributed by atoms with Crippen molar-refractivity contribution in [3.05, 3.63) is 17.8 Å². The highest BCUT2D eigenvalue weighted by molar-refractivity contribution is 7.99. The summed E-state index contributed by atoms with van der Waals surface area (Å²) < 4.78 is 5.22. The molecule has 0 radical (unpaired) electrons. The van der Waals surface area contributed by atoms with Gasteiger partial charge in [-0.3, -0.25) is 0 Å². The van der Waals surface area contributed by atoms with E-state index in [0.29, 0.717) is 17.7 Å². The van der Waals surface area contributed by atoms with E-state index in [1.165, 1.54) is 25.0 Å². The summed E-state index contributed by atoms with van der Waals surface area (Å²) in [5.41, 5.74) is 6.50. The fourth-order valence-electron chi connectivity index (χ4n) is 1.54. The fraction of sp³-hybridized carbons (Fsp3) is 0.667. The highest BCUT2D eigenvalue weighted by Crippen LogP contribution is 2.37. The second-order valence-electron chi connectivity index (χ2n) is 3.23. The molecule has 2 rings (SSSR count). The molecule has 0 amide bonds. The molecular formula is C9H14N2OS. The lowest BCUT2D eigenvalue weighted by Gasteiger charge is -2.18. The summed E-state index contributed by atoms with van der Waals surface area (Å²) in [6.07, 6.45) is 5.62. The van der Waals surface area contributed by atoms with Gasteiger partial charge in [0.25, 0.3) is 0 Å². The largest absolute Gasteiger partial charge is 0.447 e. The van der Waals surface area contributed by atoms with E-state index in [1.807, 2.05) is 11.8 Å². The van der Waals surface area contributed by atoms with Crippen molar-refractivity contribution in [3.8, 4) is 0 Å². The van der Waals surface area contributed by atoms with Crippen LogP contribution in [-0.4, -0.2) is 10.7 Å². The van der Waals surface area contributed by atoms with E-state index in [2.05, 4.69) is 4.98 Å². The van der Waals surface area contributed by atoms with Gasteiger partial charge in [0.2, 0.25) is 5.89 Å². The molecule has 1 saturated heterocycles. The van der Waals surface area contributed by atoms with Crippen LogP contribution in [0.1, 0.15) is 36.1 Å². The first-order chi connectivity index (χ1) is 6.40. The zero-order chi connectivity index (χ0) is 9.10. The SMILES string of the molecule is NCc1nc(C2CCCCS2)co1. The maximum absolute atomic E-state index is 5.43. The monoisotopic (exact) mass is 198 g/mol. The quantitative estimate of drug-likeness (QED) is 0.790. The summed E-state index contributed by atoms with van der Waals surface area (Å²) in [4.78, 5) is 4.34. The van der Waals surface area contributed by atoms with Crippen molar-refractivity contribution in [2.45, 2.75) is 31.1 Å². The highest BCUT2D eigenvalue weighted by atomic mass is 32.2. The molecule has 0 bridgehead atoms. The number of oxazole rings is 1. The molecule has 72 valence electrons. The van der Waals surface area contributed by atoms with Crippen LogP contribution >= 0.6 is 11.8 Å². The summed E-state index contributed by atoms with van der Waals surface area (Å²) in [7, 11) is 0. The minimum atomic E-state index is 0.400. The van der Waals surface area contributed by atoms with E-state index < -0.39 is 0 Å². The second-order valence-corrected chi connectivity index (χ2v) is 4.54. The zero-order valence-electron chi connectivity index (χ0n) is 7.53. The summed E-state index contributed by atoms with van der Waals surface area (Å²) >= 11 is 1.98. The third kappa shape index (κ3) is 2.06. The number of nitrogens with two attached hydrogens (primary N) is 1. The van der Waals surface area contributed by atoms with Crippen LogP contribution in [0.2, 0.25) is 0 Å². The molecule has 0 aromatic carbocycles. The van der Waals surface area contributed by atoms with Crippen molar-refractivity contribution in [2.75, 3.05) is 5.75 Å². The maximum atomic E-state index is 5.43. The van der Waals surface area contributed by atoms with Gasteiger partial charge in [-0.15, -0.1) is 0 Å². The van der Waals surface area contributed by atoms with Gasteiger partial charge in [0.15, 0.2) is 0 Å². The molecular weight excluding hydrogens is 184 g/mol. The summed E-state index contributed by atoms with van der Waals surface area (Å²) in [6, 6.07) is 0. The Morgan fingerprint density at radius 1 is 1.62 bits per heavy atom. The normalized spacial score (nSPS) is 23.3. The van der Waals surface area contributed by atoms with E-state index in [-0.39, 0.29) is 0 Å². The first-order valence-electron chi connectivity index (χ1n) is 4.66. The van der Waals surface area contributed by atoms with Gasteiger partial charge in [0.05, 0.1) is 17.5 Å². The van der Waals surface area contributed by atoms with Gasteiger partial charge in [-0.1, -0.05) is 6.42 Å². The molecule has 1 aromatic rings. The number of rotatable bonds is 2. The summed E-state index contributed by atoms with van der Waals surface area (Å²) in [6.45, 7) is 0.400. The van der Waals surface area contributed by atoms with Gasteiger partial charge in [0, 0.05) is 0 Å². The molecule has 0 spiro atoms. The molecule has 1 aromatic heterocycles. The summed E-state index contributed by atoms with van der Waals surface area (Å²) in [5, 5.41) is 0.540. The van der Waals surface area contributed by atoms with E-state index in [4.69, 9.17) is 10.2 Å². The Morgan fingerprint density at radius 3 is 3.15 bits per heavy atom. The molecule has 1 atom stereocenters. The van der Waals surface area contributed by atoms with Gasteiger partial charge >= 0.3 is 0 Å². The minimum absolute atomic E-state index is 0.400. The van der Waals surface area contributed by atoms with Gasteiger partial charge in [-0.25, -0.2) is 4.98 Å². The number of hydrogen-bond donors (Lipinski definition) is 1. The molecule has 1 aliphatic rings. The van der Waals surface area contributed by atoms with Gasteiger partial charge in [0.1, 0.15) is 6.26 Å². The lowest BCUT2D eigenvalue weighted by atomic mass is 10.1. The molecule has 0 aliphatic carbocycles. The van der Waals surface area contributed by atoms with Crippen LogP contribution in [0, 0.1) is 0 Å². The average Bonchev–Trinajstić information content (AvgIpc) is 2.67. The van der Waals surface area contributed by atoms with Crippen LogP contribution in [0.3, 0.4) is 0 Å². The topological polar surface area (TPSA) is 52.0 Å². The first kappa shape index (κ1) is 9.09. The lowest BCUT2D eigenvalue weighted by molar-refractivity contribution is 0.497. The van der Waals surface area contributed by atoms with Crippen molar-refractivity contribution in [3.63, 3.8) is 0 Å². The molecule has 2 N–H and O–H groups in total. The number of aromatic nitrogens is 1. The summed E-state index contributed by atoms with van der Waals surface area (Å²) in [5.74, 6) is 1.90. The second kappa shape index (κ2) is 4.15. The molecule has 2 heterocycles. The maximum Gasteiger partial charge on any atom is 0.207 e.